The number of nitrogens with one attached hydrogen (secondary N) is 2. The first kappa shape index (κ1) is 18.3. The fraction of sp³-hybridized carbons (Fsp3) is 0.450. The highest BCUT2D eigenvalue weighted by atomic mass is 16.5. The van der Waals surface area contributed by atoms with Crippen molar-refractivity contribution in [2.45, 2.75) is 45.1 Å². The van der Waals surface area contributed by atoms with Gasteiger partial charge in [-0.05, 0) is 36.0 Å². The molecule has 6 nitrogen and oxygen atoms in total. The summed E-state index contributed by atoms with van der Waals surface area (Å²) in [6, 6.07) is 9.46. The largest absolute Gasteiger partial charge is 0.376 e. The molecule has 26 heavy (non-hydrogen) atoms. The zero-order valence-corrected chi connectivity index (χ0v) is 15.6. The molecule has 3 rings (SSSR count). The molecule has 1 aliphatic heterocycles. The van der Waals surface area contributed by atoms with Crippen LogP contribution in [0.25, 0.3) is 0 Å². The summed E-state index contributed by atoms with van der Waals surface area (Å²) in [5, 5.41) is 6.13. The molecule has 2 N–H and O–H groups in total. The van der Waals surface area contributed by atoms with Crippen LogP contribution in [0.15, 0.2) is 36.5 Å². The quantitative estimate of drug-likeness (QED) is 0.858. The van der Waals surface area contributed by atoms with Crippen LogP contribution in [0.4, 0.5) is 11.6 Å². The number of para-hydroxylation sites is 1. The third-order valence-electron chi connectivity index (χ3n) is 4.38. The Balaban J connectivity index is 1.69. The molecule has 0 bridgehead atoms. The van der Waals surface area contributed by atoms with Crippen molar-refractivity contribution in [3.8, 4) is 0 Å². The van der Waals surface area contributed by atoms with Gasteiger partial charge in [-0.2, -0.15) is 0 Å². The Bertz CT molecular complexity index is 764. The molecule has 0 spiro atoms. The van der Waals surface area contributed by atoms with Gasteiger partial charge < -0.3 is 15.4 Å². The number of benzene rings is 1. The fourth-order valence-corrected chi connectivity index (χ4v) is 3.01. The Morgan fingerprint density at radius 1 is 1.27 bits per heavy atom. The second kappa shape index (κ2) is 7.83. The summed E-state index contributed by atoms with van der Waals surface area (Å²) >= 11 is 0. The van der Waals surface area contributed by atoms with Crippen molar-refractivity contribution >= 4 is 17.5 Å². The maximum Gasteiger partial charge on any atom is 0.274 e. The second-order valence-electron chi connectivity index (χ2n) is 7.53. The van der Waals surface area contributed by atoms with Gasteiger partial charge >= 0.3 is 0 Å². The molecule has 6 heteroatoms. The van der Waals surface area contributed by atoms with Gasteiger partial charge in [-0.25, -0.2) is 9.97 Å². The van der Waals surface area contributed by atoms with Crippen LogP contribution in [-0.2, 0) is 10.2 Å². The number of aromatic nitrogens is 2. The first-order chi connectivity index (χ1) is 12.4. The third-order valence-corrected chi connectivity index (χ3v) is 4.38. The maximum absolute atomic E-state index is 12.7. The summed E-state index contributed by atoms with van der Waals surface area (Å²) in [6.45, 7) is 7.82. The highest BCUT2D eigenvalue weighted by molar-refractivity contribution is 6.03. The molecule has 0 aliphatic carbocycles. The van der Waals surface area contributed by atoms with E-state index in [0.717, 1.165) is 30.7 Å². The van der Waals surface area contributed by atoms with Gasteiger partial charge in [-0.15, -0.1) is 0 Å². The van der Waals surface area contributed by atoms with Crippen molar-refractivity contribution < 1.29 is 9.53 Å². The number of rotatable bonds is 5. The summed E-state index contributed by atoms with van der Waals surface area (Å²) in [6.07, 6.45) is 3.91. The average molecular weight is 354 g/mol. The van der Waals surface area contributed by atoms with E-state index in [1.165, 1.54) is 0 Å². The van der Waals surface area contributed by atoms with Gasteiger partial charge in [0.25, 0.3) is 5.91 Å². The Kier molecular flexibility index (Phi) is 5.52. The monoisotopic (exact) mass is 354 g/mol. The van der Waals surface area contributed by atoms with Crippen LogP contribution in [0, 0.1) is 0 Å². The molecule has 138 valence electrons. The van der Waals surface area contributed by atoms with Gasteiger partial charge in [0.15, 0.2) is 0 Å². The molecule has 1 amide bonds. The van der Waals surface area contributed by atoms with Crippen molar-refractivity contribution in [3.63, 3.8) is 0 Å². The standard InChI is InChI=1S/C20H26N4O2/c1-20(2,3)15-8-4-5-9-16(15)23-18(25)17-10-11-21-19(24-17)22-13-14-7-6-12-26-14/h4-5,8-11,14H,6-7,12-13H2,1-3H3,(H,23,25)(H,21,22,24). The molecule has 1 fully saturated rings. The van der Waals surface area contributed by atoms with E-state index >= 15 is 0 Å². The van der Waals surface area contributed by atoms with Gasteiger partial charge in [-0.1, -0.05) is 39.0 Å². The maximum atomic E-state index is 12.7. The molecule has 1 unspecified atom stereocenters. The van der Waals surface area contributed by atoms with E-state index in [2.05, 4.69) is 41.4 Å². The minimum Gasteiger partial charge on any atom is -0.376 e. The van der Waals surface area contributed by atoms with Crippen LogP contribution in [-0.4, -0.2) is 35.1 Å². The summed E-state index contributed by atoms with van der Waals surface area (Å²) in [5.74, 6) is 0.196. The van der Waals surface area contributed by atoms with Gasteiger partial charge in [-0.3, -0.25) is 4.79 Å². The SMILES string of the molecule is CC(C)(C)c1ccccc1NC(=O)c1ccnc(NCC2CCCO2)n1. The topological polar surface area (TPSA) is 76.1 Å². The molecule has 1 saturated heterocycles. The number of ether oxygens (including phenoxy) is 1. The molecule has 0 saturated carbocycles. The average Bonchev–Trinajstić information content (AvgIpc) is 3.13. The number of anilines is 2. The second-order valence-corrected chi connectivity index (χ2v) is 7.53. The van der Waals surface area contributed by atoms with E-state index in [-0.39, 0.29) is 17.4 Å². The first-order valence-electron chi connectivity index (χ1n) is 9.03. The number of nitrogens with zero attached hydrogens (tertiary/aromatic N) is 2. The van der Waals surface area contributed by atoms with Crippen LogP contribution in [0.2, 0.25) is 0 Å². The predicted octanol–water partition coefficient (Wildman–Crippen LogP) is 3.62. The first-order valence-corrected chi connectivity index (χ1v) is 9.03. The molecule has 1 aromatic carbocycles. The number of hydrogen-bond acceptors (Lipinski definition) is 5. The Hall–Kier alpha value is -2.47. The van der Waals surface area contributed by atoms with Crippen LogP contribution < -0.4 is 10.6 Å². The molecule has 0 radical (unpaired) electrons. The van der Waals surface area contributed by atoms with Crippen molar-refractivity contribution in [1.29, 1.82) is 0 Å². The van der Waals surface area contributed by atoms with E-state index in [0.29, 0.717) is 18.2 Å². The zero-order chi connectivity index (χ0) is 18.6. The number of hydrogen-bond donors (Lipinski definition) is 2. The van der Waals surface area contributed by atoms with E-state index in [9.17, 15) is 4.79 Å². The van der Waals surface area contributed by atoms with Crippen molar-refractivity contribution in [2.24, 2.45) is 0 Å². The van der Waals surface area contributed by atoms with Crippen LogP contribution in [0.5, 0.6) is 0 Å². The lowest BCUT2D eigenvalue weighted by atomic mass is 9.86. The lowest BCUT2D eigenvalue weighted by Crippen LogP contribution is -2.22. The zero-order valence-electron chi connectivity index (χ0n) is 15.6. The molecule has 2 aromatic rings. The predicted molar refractivity (Wildman–Crippen MR) is 103 cm³/mol. The Morgan fingerprint density at radius 2 is 2.08 bits per heavy atom. The molecular formula is C20H26N4O2. The van der Waals surface area contributed by atoms with Gasteiger partial charge in [0, 0.05) is 25.0 Å². The summed E-state index contributed by atoms with van der Waals surface area (Å²) < 4.78 is 5.58. The van der Waals surface area contributed by atoms with Crippen molar-refractivity contribution in [1.82, 2.24) is 9.97 Å². The van der Waals surface area contributed by atoms with Crippen LogP contribution >= 0.6 is 0 Å². The fourth-order valence-electron chi connectivity index (χ4n) is 3.01. The molecule has 1 aromatic heterocycles. The lowest BCUT2D eigenvalue weighted by Gasteiger charge is -2.22. The number of carbonyl (C=O) groups is 1. The van der Waals surface area contributed by atoms with Gasteiger partial charge in [0.2, 0.25) is 5.95 Å². The van der Waals surface area contributed by atoms with Crippen LogP contribution in [0.3, 0.4) is 0 Å². The van der Waals surface area contributed by atoms with Crippen molar-refractivity contribution in [2.75, 3.05) is 23.8 Å². The normalized spacial score (nSPS) is 17.1. The minimum absolute atomic E-state index is 0.0659. The minimum atomic E-state index is -0.246. The lowest BCUT2D eigenvalue weighted by molar-refractivity contribution is 0.102. The number of carbonyl (C=O) groups excluding carboxylic acids is 1. The highest BCUT2D eigenvalue weighted by Crippen LogP contribution is 2.29. The molecule has 1 aliphatic rings. The Morgan fingerprint density at radius 3 is 2.81 bits per heavy atom. The third kappa shape index (κ3) is 4.58. The summed E-state index contributed by atoms with van der Waals surface area (Å²) in [4.78, 5) is 21.2. The Labute approximate surface area is 154 Å². The number of amides is 1. The smallest absolute Gasteiger partial charge is 0.274 e. The van der Waals surface area contributed by atoms with E-state index in [1.807, 2.05) is 24.3 Å². The summed E-state index contributed by atoms with van der Waals surface area (Å²) in [7, 11) is 0. The molecular weight excluding hydrogens is 328 g/mol. The molecule has 1 atom stereocenters. The van der Waals surface area contributed by atoms with E-state index < -0.39 is 0 Å². The van der Waals surface area contributed by atoms with Gasteiger partial charge in [0.1, 0.15) is 5.69 Å². The highest BCUT2D eigenvalue weighted by Gasteiger charge is 2.20. The van der Waals surface area contributed by atoms with E-state index in [4.69, 9.17) is 4.74 Å². The van der Waals surface area contributed by atoms with Crippen LogP contribution in [0.1, 0.15) is 49.7 Å². The van der Waals surface area contributed by atoms with E-state index in [1.54, 1.807) is 12.3 Å². The summed E-state index contributed by atoms with van der Waals surface area (Å²) in [5.41, 5.74) is 2.15. The molecule has 2 heterocycles. The van der Waals surface area contributed by atoms with Crippen molar-refractivity contribution in [3.05, 3.63) is 47.8 Å². The van der Waals surface area contributed by atoms with Gasteiger partial charge in [0.05, 0.1) is 6.10 Å².